The first-order valence-electron chi connectivity index (χ1n) is 6.30. The molecule has 3 aromatic rings. The molecule has 0 spiro atoms. The first-order chi connectivity index (χ1) is 10.1. The molecule has 6 nitrogen and oxygen atoms in total. The molecule has 0 fully saturated rings. The molecule has 0 unspecified atom stereocenters. The molecule has 1 N–H and O–H groups in total. The number of hydrogen-bond donors (Lipinski definition) is 1. The largest absolute Gasteiger partial charge is 0.481 e. The molecule has 0 radical (unpaired) electrons. The normalized spacial score (nSPS) is 10.9. The van der Waals surface area contributed by atoms with Gasteiger partial charge in [0.15, 0.2) is 0 Å². The summed E-state index contributed by atoms with van der Waals surface area (Å²) in [5, 5.41) is 13.4. The van der Waals surface area contributed by atoms with E-state index in [-0.39, 0.29) is 18.4 Å². The van der Waals surface area contributed by atoms with Crippen molar-refractivity contribution in [3.63, 3.8) is 0 Å². The molecule has 0 aliphatic carbocycles. The maximum absolute atomic E-state index is 11.9. The van der Waals surface area contributed by atoms with Gasteiger partial charge in [-0.25, -0.2) is 4.98 Å². The summed E-state index contributed by atoms with van der Waals surface area (Å²) in [7, 11) is 0. The van der Waals surface area contributed by atoms with Gasteiger partial charge in [-0.05, 0) is 18.2 Å². The molecule has 0 atom stereocenters. The van der Waals surface area contributed by atoms with Gasteiger partial charge in [-0.1, -0.05) is 23.5 Å². The Morgan fingerprint density at radius 3 is 2.81 bits per heavy atom. The van der Waals surface area contributed by atoms with Crippen LogP contribution in [0.15, 0.2) is 41.2 Å². The van der Waals surface area contributed by atoms with Crippen molar-refractivity contribution in [3.8, 4) is 5.13 Å². The molecule has 106 valence electrons. The Morgan fingerprint density at radius 1 is 1.24 bits per heavy atom. The van der Waals surface area contributed by atoms with Gasteiger partial charge in [-0.2, -0.15) is 9.78 Å². The van der Waals surface area contributed by atoms with Crippen LogP contribution >= 0.6 is 11.3 Å². The van der Waals surface area contributed by atoms with E-state index in [1.807, 2.05) is 24.3 Å². The third-order valence-corrected chi connectivity index (χ3v) is 3.93. The van der Waals surface area contributed by atoms with Gasteiger partial charge in [0.25, 0.3) is 5.56 Å². The van der Waals surface area contributed by atoms with Crippen molar-refractivity contribution < 1.29 is 9.90 Å². The molecule has 0 saturated carbocycles. The minimum Gasteiger partial charge on any atom is -0.481 e. The highest BCUT2D eigenvalue weighted by molar-refractivity contribution is 7.20. The highest BCUT2D eigenvalue weighted by Crippen LogP contribution is 2.23. The Bertz CT molecular complexity index is 836. The minimum atomic E-state index is -0.894. The fourth-order valence-electron chi connectivity index (χ4n) is 1.91. The Balaban J connectivity index is 2.02. The third-order valence-electron chi connectivity index (χ3n) is 2.91. The Labute approximate surface area is 123 Å². The zero-order chi connectivity index (χ0) is 14.8. The predicted molar refractivity (Wildman–Crippen MR) is 79.0 cm³/mol. The Hall–Kier alpha value is -2.54. The number of aryl methyl sites for hydroxylation is 1. The molecular formula is C14H11N3O3S. The maximum Gasteiger partial charge on any atom is 0.303 e. The second-order valence-electron chi connectivity index (χ2n) is 4.43. The van der Waals surface area contributed by atoms with E-state index in [4.69, 9.17) is 5.11 Å². The highest BCUT2D eigenvalue weighted by atomic mass is 32.1. The molecule has 0 aliphatic rings. The summed E-state index contributed by atoms with van der Waals surface area (Å²) in [4.78, 5) is 26.9. The van der Waals surface area contributed by atoms with Gasteiger partial charge in [-0.15, -0.1) is 0 Å². The van der Waals surface area contributed by atoms with E-state index in [1.54, 1.807) is 6.07 Å². The van der Waals surface area contributed by atoms with Gasteiger partial charge in [0.05, 0.1) is 22.3 Å². The van der Waals surface area contributed by atoms with Crippen LogP contribution in [0.4, 0.5) is 0 Å². The van der Waals surface area contributed by atoms with Crippen LogP contribution in [0.1, 0.15) is 12.1 Å². The molecule has 0 saturated heterocycles. The van der Waals surface area contributed by atoms with E-state index in [1.165, 1.54) is 22.1 Å². The predicted octanol–water partition coefficient (Wildman–Crippen LogP) is 1.86. The first kappa shape index (κ1) is 13.4. The molecule has 7 heteroatoms. The van der Waals surface area contributed by atoms with Gasteiger partial charge in [0.2, 0.25) is 5.13 Å². The lowest BCUT2D eigenvalue weighted by Gasteiger charge is -2.02. The number of hydrogen-bond acceptors (Lipinski definition) is 5. The van der Waals surface area contributed by atoms with Crippen LogP contribution < -0.4 is 5.56 Å². The van der Waals surface area contributed by atoms with Crippen molar-refractivity contribution >= 4 is 27.5 Å². The topological polar surface area (TPSA) is 85.1 Å². The van der Waals surface area contributed by atoms with Crippen LogP contribution in [0.3, 0.4) is 0 Å². The second-order valence-corrected chi connectivity index (χ2v) is 5.44. The van der Waals surface area contributed by atoms with E-state index >= 15 is 0 Å². The number of benzene rings is 1. The van der Waals surface area contributed by atoms with Crippen LogP contribution in [-0.2, 0) is 11.2 Å². The van der Waals surface area contributed by atoms with Crippen LogP contribution in [0.5, 0.6) is 0 Å². The summed E-state index contributed by atoms with van der Waals surface area (Å²) in [5.41, 5.74) is 1.08. The molecule has 1 aromatic carbocycles. The summed E-state index contributed by atoms with van der Waals surface area (Å²) in [6, 6.07) is 10.5. The van der Waals surface area contributed by atoms with Gasteiger partial charge < -0.3 is 5.11 Å². The van der Waals surface area contributed by atoms with E-state index < -0.39 is 5.97 Å². The van der Waals surface area contributed by atoms with Crippen LogP contribution in [0.25, 0.3) is 15.3 Å². The number of rotatable bonds is 4. The highest BCUT2D eigenvalue weighted by Gasteiger charge is 2.10. The number of para-hydroxylation sites is 1. The fourth-order valence-corrected chi connectivity index (χ4v) is 2.83. The number of thiazole rings is 1. The van der Waals surface area contributed by atoms with Crippen LogP contribution in [0, 0.1) is 0 Å². The summed E-state index contributed by atoms with van der Waals surface area (Å²) < 4.78 is 2.19. The van der Waals surface area contributed by atoms with E-state index in [9.17, 15) is 9.59 Å². The zero-order valence-electron chi connectivity index (χ0n) is 10.9. The van der Waals surface area contributed by atoms with E-state index in [0.717, 1.165) is 10.2 Å². The van der Waals surface area contributed by atoms with Crippen LogP contribution in [-0.4, -0.2) is 25.8 Å². The monoisotopic (exact) mass is 301 g/mol. The molecule has 0 bridgehead atoms. The number of aromatic nitrogens is 3. The number of fused-ring (bicyclic) bond motifs is 1. The minimum absolute atomic E-state index is 0.0228. The lowest BCUT2D eigenvalue weighted by Crippen LogP contribution is -2.21. The summed E-state index contributed by atoms with van der Waals surface area (Å²) in [6.07, 6.45) is 0.256. The zero-order valence-corrected chi connectivity index (χ0v) is 11.7. The number of aliphatic carboxylic acids is 1. The number of carbonyl (C=O) groups is 1. The smallest absolute Gasteiger partial charge is 0.303 e. The van der Waals surface area contributed by atoms with Gasteiger partial charge >= 0.3 is 5.97 Å². The van der Waals surface area contributed by atoms with Crippen molar-refractivity contribution in [1.82, 2.24) is 14.8 Å². The molecule has 0 amide bonds. The Morgan fingerprint density at radius 2 is 2.05 bits per heavy atom. The lowest BCUT2D eigenvalue weighted by molar-refractivity contribution is -0.136. The average molecular weight is 301 g/mol. The van der Waals surface area contributed by atoms with E-state index in [0.29, 0.717) is 10.8 Å². The number of nitrogens with zero attached hydrogens (tertiary/aromatic N) is 3. The summed E-state index contributed by atoms with van der Waals surface area (Å²) >= 11 is 1.37. The second kappa shape index (κ2) is 5.45. The van der Waals surface area contributed by atoms with Gasteiger partial charge in [-0.3, -0.25) is 9.59 Å². The summed E-state index contributed by atoms with van der Waals surface area (Å²) in [6.45, 7) is 0. The number of carboxylic acid groups (broad SMARTS) is 1. The number of carboxylic acids is 1. The van der Waals surface area contributed by atoms with Gasteiger partial charge in [0, 0.05) is 12.5 Å². The average Bonchev–Trinajstić information content (AvgIpc) is 2.90. The Kier molecular flexibility index (Phi) is 3.49. The molecule has 0 aliphatic heterocycles. The summed E-state index contributed by atoms with van der Waals surface area (Å²) in [5.74, 6) is -0.894. The van der Waals surface area contributed by atoms with Crippen molar-refractivity contribution in [2.24, 2.45) is 0 Å². The lowest BCUT2D eigenvalue weighted by atomic mass is 10.2. The third kappa shape index (κ3) is 2.82. The van der Waals surface area contributed by atoms with E-state index in [2.05, 4.69) is 10.1 Å². The fraction of sp³-hybridized carbons (Fsp3) is 0.143. The van der Waals surface area contributed by atoms with Crippen molar-refractivity contribution in [1.29, 1.82) is 0 Å². The SMILES string of the molecule is O=C(O)CCc1ccc(=O)n(-c2nc3ccccc3s2)n1. The molecule has 2 aromatic heterocycles. The molecule has 21 heavy (non-hydrogen) atoms. The van der Waals surface area contributed by atoms with Crippen molar-refractivity contribution in [3.05, 3.63) is 52.4 Å². The molecule has 3 rings (SSSR count). The standard InChI is InChI=1S/C14H11N3O3S/c18-12-7-5-9(6-8-13(19)20)16-17(12)14-15-10-3-1-2-4-11(10)21-14/h1-5,7H,6,8H2,(H,19,20). The van der Waals surface area contributed by atoms with Crippen molar-refractivity contribution in [2.45, 2.75) is 12.8 Å². The molecule has 2 heterocycles. The quantitative estimate of drug-likeness (QED) is 0.795. The molecular weight excluding hydrogens is 290 g/mol. The van der Waals surface area contributed by atoms with Gasteiger partial charge in [0.1, 0.15) is 0 Å². The van der Waals surface area contributed by atoms with Crippen molar-refractivity contribution in [2.75, 3.05) is 0 Å². The maximum atomic E-state index is 11.9. The van der Waals surface area contributed by atoms with Crippen LogP contribution in [0.2, 0.25) is 0 Å². The first-order valence-corrected chi connectivity index (χ1v) is 7.12.